The summed E-state index contributed by atoms with van der Waals surface area (Å²) in [6, 6.07) is 8.24. The number of thiazole rings is 1. The van der Waals surface area contributed by atoms with Crippen LogP contribution >= 0.6 is 11.3 Å². The zero-order valence-electron chi connectivity index (χ0n) is 21.7. The van der Waals surface area contributed by atoms with Crippen LogP contribution in [0.25, 0.3) is 21.8 Å². The molecule has 1 aromatic carbocycles. The van der Waals surface area contributed by atoms with E-state index >= 15 is 0 Å². The van der Waals surface area contributed by atoms with Crippen LogP contribution in [0.4, 0.5) is 9.18 Å². The normalized spacial score (nSPS) is 16.3. The van der Waals surface area contributed by atoms with Crippen molar-refractivity contribution in [2.75, 3.05) is 13.1 Å². The number of likely N-dealkylation sites (tertiary alicyclic amines) is 1. The topological polar surface area (TPSA) is 68.2 Å². The van der Waals surface area contributed by atoms with Crippen molar-refractivity contribution in [1.82, 2.24) is 19.9 Å². The summed E-state index contributed by atoms with van der Waals surface area (Å²) in [5.41, 5.74) is 1.94. The quantitative estimate of drug-likeness (QED) is 0.340. The van der Waals surface area contributed by atoms with E-state index in [2.05, 4.69) is 26.8 Å². The third-order valence-corrected chi connectivity index (χ3v) is 8.08. The van der Waals surface area contributed by atoms with Crippen molar-refractivity contribution >= 4 is 38.9 Å². The molecule has 9 heteroatoms. The first-order chi connectivity index (χ1) is 17.7. The molecule has 0 bridgehead atoms. The summed E-state index contributed by atoms with van der Waals surface area (Å²) in [6.07, 6.45) is 10.6. The van der Waals surface area contributed by atoms with Gasteiger partial charge in [-0.05, 0) is 20.8 Å². The molecule has 2 radical (unpaired) electrons. The molecular weight excluding hydrogens is 550 g/mol. The molecule has 1 amide bonds. The third kappa shape index (κ3) is 7.84. The average molecular weight is 585 g/mol. The molecular formula is C28H34AsFN4O2S. The molecule has 6 nitrogen and oxygen atoms in total. The van der Waals surface area contributed by atoms with E-state index in [1.807, 2.05) is 26.8 Å². The molecule has 1 aliphatic carbocycles. The van der Waals surface area contributed by atoms with Crippen LogP contribution in [-0.4, -0.2) is 61.5 Å². The molecule has 2 aromatic heterocycles. The maximum absolute atomic E-state index is 13.5. The fourth-order valence-corrected chi connectivity index (χ4v) is 6.08. The Morgan fingerprint density at radius 1 is 1.03 bits per heavy atom. The van der Waals surface area contributed by atoms with Crippen molar-refractivity contribution < 1.29 is 13.9 Å². The van der Waals surface area contributed by atoms with Crippen LogP contribution in [0.1, 0.15) is 76.6 Å². The van der Waals surface area contributed by atoms with Crippen LogP contribution in [0.5, 0.6) is 0 Å². The van der Waals surface area contributed by atoms with Gasteiger partial charge in [-0.1, -0.05) is 32.1 Å². The van der Waals surface area contributed by atoms with Crippen LogP contribution in [0, 0.1) is 5.82 Å². The molecule has 2 aliphatic rings. The molecule has 1 saturated carbocycles. The molecule has 2 fully saturated rings. The molecule has 37 heavy (non-hydrogen) atoms. The number of rotatable bonds is 3. The number of amides is 1. The summed E-state index contributed by atoms with van der Waals surface area (Å²) in [5, 5.41) is 1.01. The second-order valence-corrected chi connectivity index (χ2v) is 12.4. The van der Waals surface area contributed by atoms with E-state index in [1.165, 1.54) is 44.2 Å². The van der Waals surface area contributed by atoms with E-state index in [1.54, 1.807) is 34.6 Å². The standard InChI is InChI=1S/C23H24AsFN4O2S.C5H10/c1-23(2,3)31-22(30)29-12-9-15(10-13-29)20-28-18(14-4-6-16(25)7-5-14)19(32-20)17-8-11-26-21(24)27-17;1-2-4-5-3-1/h4-8,11,15H,9-10,12-13H2,1-3H3;1-5H2. The predicted octanol–water partition coefficient (Wildman–Crippen LogP) is 6.27. The molecule has 5 rings (SSSR count). The van der Waals surface area contributed by atoms with Gasteiger partial charge >= 0.3 is 174 Å². The molecule has 3 heterocycles. The Labute approximate surface area is 231 Å². The van der Waals surface area contributed by atoms with Crippen LogP contribution < -0.4 is 4.61 Å². The minimum absolute atomic E-state index is 0.241. The molecule has 196 valence electrons. The number of piperidine rings is 1. The van der Waals surface area contributed by atoms with Crippen molar-refractivity contribution in [3.63, 3.8) is 0 Å². The van der Waals surface area contributed by atoms with Crippen LogP contribution in [-0.2, 0) is 4.74 Å². The first-order valence-electron chi connectivity index (χ1n) is 13.0. The molecule has 1 aliphatic heterocycles. The van der Waals surface area contributed by atoms with Gasteiger partial charge in [0.1, 0.15) is 5.60 Å². The van der Waals surface area contributed by atoms with E-state index in [4.69, 9.17) is 9.72 Å². The summed E-state index contributed by atoms with van der Waals surface area (Å²) < 4.78 is 19.6. The fraction of sp³-hybridized carbons (Fsp3) is 0.500. The van der Waals surface area contributed by atoms with Gasteiger partial charge in [-0.15, -0.1) is 0 Å². The Hall–Kier alpha value is -2.31. The van der Waals surface area contributed by atoms with Crippen molar-refractivity contribution in [3.05, 3.63) is 47.4 Å². The monoisotopic (exact) mass is 584 g/mol. The fourth-order valence-electron chi connectivity index (χ4n) is 4.48. The van der Waals surface area contributed by atoms with Crippen LogP contribution in [0.2, 0.25) is 0 Å². The minimum atomic E-state index is -0.503. The predicted molar refractivity (Wildman–Crippen MR) is 147 cm³/mol. The van der Waals surface area contributed by atoms with Gasteiger partial charge in [0.25, 0.3) is 0 Å². The van der Waals surface area contributed by atoms with Gasteiger partial charge in [0.05, 0.1) is 0 Å². The Morgan fingerprint density at radius 2 is 1.65 bits per heavy atom. The van der Waals surface area contributed by atoms with Gasteiger partial charge in [-0.25, -0.2) is 0 Å². The molecule has 0 N–H and O–H groups in total. The van der Waals surface area contributed by atoms with Gasteiger partial charge in [0.2, 0.25) is 0 Å². The third-order valence-electron chi connectivity index (χ3n) is 6.38. The Balaban J connectivity index is 0.000000572. The van der Waals surface area contributed by atoms with Crippen molar-refractivity contribution in [2.24, 2.45) is 0 Å². The number of nitrogens with zero attached hydrogens (tertiary/aromatic N) is 4. The van der Waals surface area contributed by atoms with E-state index in [0.717, 1.165) is 39.7 Å². The van der Waals surface area contributed by atoms with Crippen molar-refractivity contribution in [2.45, 2.75) is 77.2 Å². The second kappa shape index (κ2) is 12.5. The number of hydrogen-bond donors (Lipinski definition) is 0. The van der Waals surface area contributed by atoms with Gasteiger partial charge in [-0.2, -0.15) is 0 Å². The van der Waals surface area contributed by atoms with Gasteiger partial charge in [0, 0.05) is 0 Å². The van der Waals surface area contributed by atoms with E-state index in [-0.39, 0.29) is 17.8 Å². The van der Waals surface area contributed by atoms with Gasteiger partial charge < -0.3 is 0 Å². The molecule has 0 unspecified atom stereocenters. The number of benzene rings is 1. The SMILES string of the molecule is C1CCCC1.CC(C)(C)OC(=O)N1CCC(c2nc(-c3ccc(F)cc3)c(-c3ccnc([As])n3)s2)CC1. The molecule has 1 saturated heterocycles. The molecule has 0 atom stereocenters. The van der Waals surface area contributed by atoms with Crippen LogP contribution in [0.3, 0.4) is 0 Å². The number of carbonyl (C=O) groups excluding carboxylic acids is 1. The summed E-state index contributed by atoms with van der Waals surface area (Å²) in [6.45, 7) is 6.88. The Bertz CT molecular complexity index is 1180. The zero-order chi connectivity index (χ0) is 26.4. The summed E-state index contributed by atoms with van der Waals surface area (Å²) >= 11 is 3.96. The number of ether oxygens (including phenoxy) is 1. The van der Waals surface area contributed by atoms with E-state index in [0.29, 0.717) is 17.7 Å². The van der Waals surface area contributed by atoms with Crippen molar-refractivity contribution in [1.29, 1.82) is 0 Å². The molecule has 3 aromatic rings. The summed E-state index contributed by atoms with van der Waals surface area (Å²) in [7, 11) is 0. The number of carbonyl (C=O) groups is 1. The maximum atomic E-state index is 13.5. The first kappa shape index (κ1) is 27.7. The Morgan fingerprint density at radius 3 is 2.22 bits per heavy atom. The average Bonchev–Trinajstić information content (AvgIpc) is 3.58. The van der Waals surface area contributed by atoms with Gasteiger partial charge in [-0.3, -0.25) is 0 Å². The van der Waals surface area contributed by atoms with Crippen molar-refractivity contribution in [3.8, 4) is 21.8 Å². The zero-order valence-corrected chi connectivity index (χ0v) is 24.4. The van der Waals surface area contributed by atoms with Crippen LogP contribution in [0.15, 0.2) is 36.5 Å². The van der Waals surface area contributed by atoms with E-state index < -0.39 is 5.60 Å². The van der Waals surface area contributed by atoms with E-state index in [9.17, 15) is 9.18 Å². The number of halogens is 1. The molecule has 0 spiro atoms. The summed E-state index contributed by atoms with van der Waals surface area (Å²) in [4.78, 5) is 28.8. The second-order valence-electron chi connectivity index (χ2n) is 10.5. The Kier molecular flexibility index (Phi) is 9.35. The number of aromatic nitrogens is 3. The van der Waals surface area contributed by atoms with Gasteiger partial charge in [0.15, 0.2) is 0 Å². The first-order valence-corrected chi connectivity index (χ1v) is 14.7. The summed E-state index contributed by atoms with van der Waals surface area (Å²) in [5.74, 6) is -0.0409. The number of hydrogen-bond acceptors (Lipinski definition) is 6.